The summed E-state index contributed by atoms with van der Waals surface area (Å²) in [6.45, 7) is 12.2. The maximum Gasteiger partial charge on any atom is 0.323 e. The normalized spacial score (nSPS) is 17.8. The summed E-state index contributed by atoms with van der Waals surface area (Å²) >= 11 is 0. The third-order valence-electron chi connectivity index (χ3n) is 8.03. The number of β-amino-alcohol motifs (C(OH)–C–C–N with tert-alkyl or cyclic N) is 2. The summed E-state index contributed by atoms with van der Waals surface area (Å²) in [5, 5.41) is 29.5. The van der Waals surface area contributed by atoms with E-state index in [1.54, 1.807) is 13.8 Å². The van der Waals surface area contributed by atoms with E-state index in [9.17, 15) is 29.7 Å². The molecule has 0 spiro atoms. The molecule has 1 heterocycles. The van der Waals surface area contributed by atoms with Crippen molar-refractivity contribution in [3.05, 3.63) is 29.8 Å². The van der Waals surface area contributed by atoms with E-state index >= 15 is 0 Å². The van der Waals surface area contributed by atoms with Gasteiger partial charge < -0.3 is 34.3 Å². The van der Waals surface area contributed by atoms with Gasteiger partial charge in [-0.1, -0.05) is 19.1 Å². The van der Waals surface area contributed by atoms with E-state index in [4.69, 9.17) is 18.9 Å². The highest BCUT2D eigenvalue weighted by Gasteiger charge is 2.31. The summed E-state index contributed by atoms with van der Waals surface area (Å²) in [7, 11) is 0. The number of rotatable bonds is 18. The van der Waals surface area contributed by atoms with E-state index in [-0.39, 0.29) is 38.2 Å². The molecule has 1 fully saturated rings. The van der Waals surface area contributed by atoms with Crippen LogP contribution in [0.2, 0.25) is 0 Å². The van der Waals surface area contributed by atoms with Crippen molar-refractivity contribution in [1.29, 1.82) is 0 Å². The fourth-order valence-corrected chi connectivity index (χ4v) is 5.63. The SMILES string of the molecule is CCOCCOc1ccc(CC(C(=O)OCC)N2CCN(CC(=O)O)CCN(C(CC)C(=O)OCC)CCN(CC(O)O)CC2)cc1. The minimum Gasteiger partial charge on any atom is -0.491 e. The smallest absolute Gasteiger partial charge is 0.323 e. The molecule has 0 saturated carbocycles. The number of ether oxygens (including phenoxy) is 4. The monoisotopic (exact) mass is 668 g/mol. The summed E-state index contributed by atoms with van der Waals surface area (Å²) < 4.78 is 21.9. The molecule has 2 atom stereocenters. The first kappa shape index (κ1) is 40.3. The molecule has 1 aliphatic heterocycles. The summed E-state index contributed by atoms with van der Waals surface area (Å²) in [4.78, 5) is 45.8. The molecule has 2 unspecified atom stereocenters. The zero-order valence-electron chi connectivity index (χ0n) is 28.6. The third-order valence-corrected chi connectivity index (χ3v) is 8.03. The number of benzene rings is 1. The molecule has 0 bridgehead atoms. The van der Waals surface area contributed by atoms with Crippen LogP contribution in [0, 0.1) is 0 Å². The summed E-state index contributed by atoms with van der Waals surface area (Å²) in [6, 6.07) is 6.34. The second-order valence-corrected chi connectivity index (χ2v) is 11.4. The number of aliphatic carboxylic acids is 1. The summed E-state index contributed by atoms with van der Waals surface area (Å²) in [6.07, 6.45) is -0.709. The van der Waals surface area contributed by atoms with E-state index in [2.05, 4.69) is 0 Å². The van der Waals surface area contributed by atoms with Crippen molar-refractivity contribution in [2.24, 2.45) is 0 Å². The lowest BCUT2D eigenvalue weighted by Crippen LogP contribution is -2.54. The lowest BCUT2D eigenvalue weighted by atomic mass is 10.0. The third kappa shape index (κ3) is 15.3. The maximum atomic E-state index is 13.4. The van der Waals surface area contributed by atoms with Crippen LogP contribution in [0.15, 0.2) is 24.3 Å². The highest BCUT2D eigenvalue weighted by atomic mass is 16.5. The van der Waals surface area contributed by atoms with Crippen LogP contribution < -0.4 is 4.74 Å². The zero-order chi connectivity index (χ0) is 34.6. The van der Waals surface area contributed by atoms with Gasteiger partial charge >= 0.3 is 17.9 Å². The Labute approximate surface area is 279 Å². The van der Waals surface area contributed by atoms with E-state index in [1.807, 2.05) is 57.7 Å². The van der Waals surface area contributed by atoms with E-state index < -0.39 is 24.3 Å². The van der Waals surface area contributed by atoms with Crippen LogP contribution in [0.1, 0.15) is 39.7 Å². The Bertz CT molecular complexity index is 1040. The van der Waals surface area contributed by atoms with Crippen molar-refractivity contribution >= 4 is 17.9 Å². The maximum absolute atomic E-state index is 13.4. The van der Waals surface area contributed by atoms with Crippen molar-refractivity contribution in [1.82, 2.24) is 19.6 Å². The van der Waals surface area contributed by atoms with Crippen LogP contribution in [0.4, 0.5) is 0 Å². The van der Waals surface area contributed by atoms with Crippen LogP contribution in [0.5, 0.6) is 5.75 Å². The van der Waals surface area contributed by atoms with Crippen LogP contribution in [-0.2, 0) is 35.0 Å². The van der Waals surface area contributed by atoms with E-state index in [1.165, 1.54) is 0 Å². The molecular formula is C33H56N4O10. The molecule has 1 saturated heterocycles. The zero-order valence-corrected chi connectivity index (χ0v) is 28.6. The first-order valence-electron chi connectivity index (χ1n) is 16.7. The number of carboxylic acids is 1. The van der Waals surface area contributed by atoms with Gasteiger partial charge in [0, 0.05) is 65.5 Å². The fraction of sp³-hybridized carbons (Fsp3) is 0.727. The second-order valence-electron chi connectivity index (χ2n) is 11.4. The lowest BCUT2D eigenvalue weighted by molar-refractivity contribution is -0.150. The molecule has 1 aromatic rings. The first-order valence-corrected chi connectivity index (χ1v) is 16.7. The number of nitrogens with zero attached hydrogens (tertiary/aromatic N) is 4. The van der Waals surface area contributed by atoms with Crippen LogP contribution >= 0.6 is 0 Å². The topological polar surface area (TPSA) is 162 Å². The van der Waals surface area contributed by atoms with Gasteiger partial charge in [0.2, 0.25) is 0 Å². The van der Waals surface area contributed by atoms with Crippen molar-refractivity contribution < 1.29 is 48.7 Å². The van der Waals surface area contributed by atoms with Crippen molar-refractivity contribution in [3.8, 4) is 5.75 Å². The lowest BCUT2D eigenvalue weighted by Gasteiger charge is -2.37. The number of carbonyl (C=O) groups excluding carboxylic acids is 2. The van der Waals surface area contributed by atoms with Crippen molar-refractivity contribution in [3.63, 3.8) is 0 Å². The second kappa shape index (κ2) is 22.7. The van der Waals surface area contributed by atoms with Crippen LogP contribution in [0.25, 0.3) is 0 Å². The average molecular weight is 669 g/mol. The highest BCUT2D eigenvalue weighted by molar-refractivity contribution is 5.76. The van der Waals surface area contributed by atoms with Gasteiger partial charge in [-0.05, 0) is 51.3 Å². The Hall–Kier alpha value is -2.85. The molecule has 3 N–H and O–H groups in total. The quantitative estimate of drug-likeness (QED) is 0.113. The average Bonchev–Trinajstić information content (AvgIpc) is 3.02. The van der Waals surface area contributed by atoms with Gasteiger partial charge in [0.15, 0.2) is 6.29 Å². The Balaban J connectivity index is 2.34. The molecule has 1 aliphatic rings. The van der Waals surface area contributed by atoms with Gasteiger partial charge in [-0.2, -0.15) is 0 Å². The Morgan fingerprint density at radius 3 is 1.74 bits per heavy atom. The van der Waals surface area contributed by atoms with Crippen molar-refractivity contribution in [2.45, 2.75) is 58.9 Å². The first-order chi connectivity index (χ1) is 22.6. The highest BCUT2D eigenvalue weighted by Crippen LogP contribution is 2.17. The molecule has 0 aromatic heterocycles. The molecular weight excluding hydrogens is 612 g/mol. The Morgan fingerprint density at radius 2 is 1.26 bits per heavy atom. The molecule has 47 heavy (non-hydrogen) atoms. The predicted octanol–water partition coefficient (Wildman–Crippen LogP) is 0.535. The molecule has 1 aromatic carbocycles. The van der Waals surface area contributed by atoms with E-state index in [0.717, 1.165) is 5.56 Å². The standard InChI is InChI=1S/C33H56N4O10/c1-5-28(32(42)45-7-3)36-17-13-34(24-30(38)39)15-19-37(20-16-35(14-18-36)25-31(40)41)29(33(43)46-8-4)23-26-9-11-27(12-10-26)47-22-21-44-6-2/h9-12,28-30,38-39H,5-8,13-25H2,1-4H3,(H,40,41). The van der Waals surface area contributed by atoms with E-state index in [0.29, 0.717) is 90.8 Å². The Kier molecular flexibility index (Phi) is 19.5. The predicted molar refractivity (Wildman–Crippen MR) is 175 cm³/mol. The number of esters is 2. The molecule has 0 amide bonds. The minimum atomic E-state index is -1.57. The fourth-order valence-electron chi connectivity index (χ4n) is 5.63. The van der Waals surface area contributed by atoms with Gasteiger partial charge in [0.25, 0.3) is 0 Å². The molecule has 14 nitrogen and oxygen atoms in total. The number of hydrogen-bond acceptors (Lipinski definition) is 13. The van der Waals surface area contributed by atoms with Crippen molar-refractivity contribution in [2.75, 3.05) is 98.5 Å². The molecule has 0 radical (unpaired) electrons. The van der Waals surface area contributed by atoms with Gasteiger partial charge in [-0.3, -0.25) is 34.0 Å². The molecule has 14 heteroatoms. The Morgan fingerprint density at radius 1 is 0.723 bits per heavy atom. The van der Waals surface area contributed by atoms with Crippen LogP contribution in [-0.4, -0.2) is 170 Å². The number of carboxylic acid groups (broad SMARTS) is 1. The van der Waals surface area contributed by atoms with Crippen LogP contribution in [0.3, 0.4) is 0 Å². The molecule has 268 valence electrons. The molecule has 2 rings (SSSR count). The molecule has 0 aliphatic carbocycles. The summed E-state index contributed by atoms with van der Waals surface area (Å²) in [5.41, 5.74) is 0.900. The summed E-state index contributed by atoms with van der Waals surface area (Å²) in [5.74, 6) is -1.01. The van der Waals surface area contributed by atoms with Gasteiger partial charge in [0.05, 0.1) is 26.4 Å². The van der Waals surface area contributed by atoms with Gasteiger partial charge in [-0.15, -0.1) is 0 Å². The largest absolute Gasteiger partial charge is 0.491 e. The number of aliphatic hydroxyl groups excluding tert-OH is 1. The minimum absolute atomic E-state index is 0.0160. The van der Waals surface area contributed by atoms with Gasteiger partial charge in [-0.25, -0.2) is 0 Å². The van der Waals surface area contributed by atoms with Gasteiger partial charge in [0.1, 0.15) is 24.4 Å². The number of carbonyl (C=O) groups is 3. The number of aliphatic hydroxyl groups is 2. The number of hydrogen-bond donors (Lipinski definition) is 3.